The van der Waals surface area contributed by atoms with Crippen molar-refractivity contribution in [1.82, 2.24) is 0 Å². The first-order chi connectivity index (χ1) is 5.91. The van der Waals surface area contributed by atoms with Crippen LogP contribution in [0.4, 0.5) is 0 Å². The molecule has 0 spiro atoms. The summed E-state index contributed by atoms with van der Waals surface area (Å²) in [5.74, 6) is 0. The smallest absolute Gasteiger partial charge is 0.0751 e. The maximum atomic E-state index is 8.36. The van der Waals surface area contributed by atoms with E-state index in [4.69, 9.17) is 5.11 Å². The van der Waals surface area contributed by atoms with Crippen LogP contribution < -0.4 is 0 Å². The molecule has 13 heavy (non-hydrogen) atoms. The summed E-state index contributed by atoms with van der Waals surface area (Å²) in [5, 5.41) is 8.36. The van der Waals surface area contributed by atoms with Gasteiger partial charge in [-0.1, -0.05) is 51.5 Å². The van der Waals surface area contributed by atoms with Crippen LogP contribution in [0, 0.1) is 0 Å². The minimum absolute atomic E-state index is 0. The first-order valence-corrected chi connectivity index (χ1v) is 5.21. The summed E-state index contributed by atoms with van der Waals surface area (Å²) >= 11 is 0. The van der Waals surface area contributed by atoms with Gasteiger partial charge in [-0.05, 0) is 12.8 Å². The van der Waals surface area contributed by atoms with E-state index in [-0.39, 0.29) is 27.3 Å². The first kappa shape index (κ1) is 15.9. The summed E-state index contributed by atoms with van der Waals surface area (Å²) in [6.07, 6.45) is 13.4. The molecular weight excluding hydrogens is 355 g/mol. The fourth-order valence-corrected chi connectivity index (χ4v) is 1.29. The van der Waals surface area contributed by atoms with Crippen molar-refractivity contribution in [2.75, 3.05) is 0 Å². The Labute approximate surface area is 103 Å². The summed E-state index contributed by atoms with van der Waals surface area (Å²) in [5.41, 5.74) is 0. The van der Waals surface area contributed by atoms with Crippen LogP contribution in [-0.4, -0.2) is 32.4 Å². The fourth-order valence-electron chi connectivity index (χ4n) is 1.29. The van der Waals surface area contributed by atoms with Gasteiger partial charge in [0.1, 0.15) is 0 Å². The van der Waals surface area contributed by atoms with Crippen molar-refractivity contribution >= 4 is 27.3 Å². The van der Waals surface area contributed by atoms with E-state index >= 15 is 0 Å². The first-order valence-electron chi connectivity index (χ1n) is 5.21. The van der Waals surface area contributed by atoms with Crippen LogP contribution >= 0.6 is 0 Å². The molecule has 0 aliphatic rings. The molecule has 0 unspecified atom stereocenters. The minimum Gasteiger partial charge on any atom is -0.516 e. The molecule has 0 aromatic carbocycles. The van der Waals surface area contributed by atoms with Gasteiger partial charge >= 0.3 is 0 Å². The van der Waals surface area contributed by atoms with Crippen molar-refractivity contribution < 1.29 is 5.11 Å². The van der Waals surface area contributed by atoms with Gasteiger partial charge in [-0.15, -0.1) is 0 Å². The number of rotatable bonds is 8. The Kier molecular flexibility index (Phi) is 18.3. The Hall–Kier alpha value is 0.462. The van der Waals surface area contributed by atoms with Gasteiger partial charge in [0.2, 0.25) is 0 Å². The van der Waals surface area contributed by atoms with Gasteiger partial charge < -0.3 is 5.11 Å². The number of unbranched alkanes of at least 4 members (excludes halogenated alkanes) is 7. The molecule has 2 heteroatoms. The molecule has 4 radical (unpaired) electrons. The predicted octanol–water partition coefficient (Wildman–Crippen LogP) is 3.82. The van der Waals surface area contributed by atoms with Crippen molar-refractivity contribution in [1.29, 1.82) is 0 Å². The maximum Gasteiger partial charge on any atom is 0.0751 e. The normalized spacial score (nSPS) is 10.2. The van der Waals surface area contributed by atoms with E-state index < -0.39 is 0 Å². The molecule has 0 bridgehead atoms. The van der Waals surface area contributed by atoms with Crippen LogP contribution in [0.1, 0.15) is 58.3 Å². The van der Waals surface area contributed by atoms with E-state index in [1.54, 1.807) is 0 Å². The van der Waals surface area contributed by atoms with Gasteiger partial charge in [0.15, 0.2) is 0 Å². The number of hydrogen-bond donors (Lipinski definition) is 1. The molecule has 0 atom stereocenters. The third-order valence-corrected chi connectivity index (χ3v) is 2.08. The monoisotopic (exact) mass is 378 g/mol. The van der Waals surface area contributed by atoms with Crippen LogP contribution in [0.5, 0.6) is 0 Å². The molecule has 0 aromatic rings. The minimum atomic E-state index is 0. The van der Waals surface area contributed by atoms with Gasteiger partial charge in [0.25, 0.3) is 0 Å². The van der Waals surface area contributed by atoms with E-state index in [1.807, 2.05) is 6.08 Å². The molecular formula is C11H22OPb. The topological polar surface area (TPSA) is 20.2 Å². The molecule has 76 valence electrons. The average Bonchev–Trinajstić information content (AvgIpc) is 2.10. The molecule has 0 amide bonds. The van der Waals surface area contributed by atoms with Crippen molar-refractivity contribution in [3.8, 4) is 0 Å². The summed E-state index contributed by atoms with van der Waals surface area (Å²) in [4.78, 5) is 0. The number of hydrogen-bond acceptors (Lipinski definition) is 1. The Bertz CT molecular complexity index is 102. The predicted molar refractivity (Wildman–Crippen MR) is 60.1 cm³/mol. The Balaban J connectivity index is 0. The molecule has 0 saturated carbocycles. The molecule has 0 rings (SSSR count). The molecule has 0 saturated heterocycles. The molecule has 0 aliphatic carbocycles. The SMILES string of the molecule is CCCCCCCCC/C=C\O.[Pb]. The largest absolute Gasteiger partial charge is 0.516 e. The van der Waals surface area contributed by atoms with Crippen LogP contribution in [0.15, 0.2) is 12.3 Å². The zero-order valence-electron chi connectivity index (χ0n) is 8.76. The van der Waals surface area contributed by atoms with Gasteiger partial charge in [-0.2, -0.15) is 0 Å². The zero-order valence-corrected chi connectivity index (χ0v) is 12.6. The van der Waals surface area contributed by atoms with Crippen molar-refractivity contribution in [3.63, 3.8) is 0 Å². The zero-order chi connectivity index (χ0) is 9.07. The number of aliphatic hydroxyl groups excluding tert-OH is 1. The van der Waals surface area contributed by atoms with E-state index in [9.17, 15) is 0 Å². The molecule has 0 aromatic heterocycles. The van der Waals surface area contributed by atoms with E-state index in [1.165, 1.54) is 44.9 Å². The van der Waals surface area contributed by atoms with Gasteiger partial charge in [-0.3, -0.25) is 0 Å². The van der Waals surface area contributed by atoms with Crippen molar-refractivity contribution in [2.45, 2.75) is 58.3 Å². The summed E-state index contributed by atoms with van der Waals surface area (Å²) < 4.78 is 0. The van der Waals surface area contributed by atoms with Crippen LogP contribution in [0.25, 0.3) is 0 Å². The van der Waals surface area contributed by atoms with E-state index in [2.05, 4.69) is 6.92 Å². The Morgan fingerprint density at radius 2 is 1.46 bits per heavy atom. The second kappa shape index (κ2) is 15.0. The van der Waals surface area contributed by atoms with E-state index in [0.717, 1.165) is 12.7 Å². The van der Waals surface area contributed by atoms with E-state index in [0.29, 0.717) is 0 Å². The molecule has 0 heterocycles. The third kappa shape index (κ3) is 15.2. The summed E-state index contributed by atoms with van der Waals surface area (Å²) in [6.45, 7) is 2.24. The Morgan fingerprint density at radius 3 is 2.00 bits per heavy atom. The Morgan fingerprint density at radius 1 is 0.923 bits per heavy atom. The second-order valence-corrected chi connectivity index (χ2v) is 3.29. The van der Waals surface area contributed by atoms with Gasteiger partial charge in [0.05, 0.1) is 6.26 Å². The third-order valence-electron chi connectivity index (χ3n) is 2.08. The standard InChI is InChI=1S/C11H22O.Pb/c1-2-3-4-5-6-7-8-9-10-11-12;/h10-12H,2-9H2,1H3;/b11-10-;. The molecule has 1 N–H and O–H groups in total. The van der Waals surface area contributed by atoms with Crippen LogP contribution in [-0.2, 0) is 0 Å². The second-order valence-electron chi connectivity index (χ2n) is 3.29. The van der Waals surface area contributed by atoms with Gasteiger partial charge in [0, 0.05) is 27.3 Å². The van der Waals surface area contributed by atoms with Crippen molar-refractivity contribution in [3.05, 3.63) is 12.3 Å². The fraction of sp³-hybridized carbons (Fsp3) is 0.818. The average molecular weight is 377 g/mol. The number of allylic oxidation sites excluding steroid dienone is 1. The van der Waals surface area contributed by atoms with Crippen LogP contribution in [0.2, 0.25) is 0 Å². The molecule has 0 fully saturated rings. The van der Waals surface area contributed by atoms with Crippen LogP contribution in [0.3, 0.4) is 0 Å². The summed E-state index contributed by atoms with van der Waals surface area (Å²) in [6, 6.07) is 0. The molecule has 1 nitrogen and oxygen atoms in total. The van der Waals surface area contributed by atoms with Gasteiger partial charge in [-0.25, -0.2) is 0 Å². The maximum absolute atomic E-state index is 8.36. The molecule has 0 aliphatic heterocycles. The van der Waals surface area contributed by atoms with Crippen molar-refractivity contribution in [2.24, 2.45) is 0 Å². The number of aliphatic hydroxyl groups is 1. The summed E-state index contributed by atoms with van der Waals surface area (Å²) in [7, 11) is 0. The quantitative estimate of drug-likeness (QED) is 0.387.